The van der Waals surface area contributed by atoms with Crippen LogP contribution in [0.25, 0.3) is 17.1 Å². The van der Waals surface area contributed by atoms with Crippen LogP contribution in [0.5, 0.6) is 0 Å². The Hall–Kier alpha value is -3.48. The summed E-state index contributed by atoms with van der Waals surface area (Å²) in [7, 11) is 0. The lowest BCUT2D eigenvalue weighted by molar-refractivity contribution is -0.113. The standard InChI is InChI=1S/C25H22N6OS2/c1-16-7-2-4-10-20(16)31-23(17-8-6-12-27-14-17)29-30-25(31)33-15-22(32)28-24-19(13-26)18-9-3-5-11-21(18)34-24/h2,4,6-8,10,12,14H,3,5,9,11,15H2,1H3,(H,28,32). The first-order chi connectivity index (χ1) is 16.7. The molecule has 4 aromatic rings. The topological polar surface area (TPSA) is 96.5 Å². The molecule has 0 unspecified atom stereocenters. The van der Waals surface area contributed by atoms with E-state index in [4.69, 9.17) is 0 Å². The number of hydrogen-bond donors (Lipinski definition) is 1. The van der Waals surface area contributed by atoms with E-state index in [2.05, 4.69) is 26.6 Å². The summed E-state index contributed by atoms with van der Waals surface area (Å²) >= 11 is 2.86. The predicted molar refractivity (Wildman–Crippen MR) is 134 cm³/mol. The molecule has 0 radical (unpaired) electrons. The number of nitriles is 1. The van der Waals surface area contributed by atoms with Gasteiger partial charge in [-0.3, -0.25) is 14.3 Å². The summed E-state index contributed by atoms with van der Waals surface area (Å²) in [6.45, 7) is 2.03. The number of rotatable bonds is 6. The van der Waals surface area contributed by atoms with Crippen LogP contribution in [-0.4, -0.2) is 31.4 Å². The Morgan fingerprint density at radius 3 is 2.85 bits per heavy atom. The highest BCUT2D eigenvalue weighted by Crippen LogP contribution is 2.38. The zero-order valence-corrected chi connectivity index (χ0v) is 20.2. The Morgan fingerprint density at radius 1 is 1.21 bits per heavy atom. The number of aryl methyl sites for hydroxylation is 2. The monoisotopic (exact) mass is 486 g/mol. The molecule has 0 atom stereocenters. The molecule has 1 aliphatic rings. The fourth-order valence-electron chi connectivity index (χ4n) is 4.14. The molecule has 3 aromatic heterocycles. The Bertz CT molecular complexity index is 1390. The first kappa shape index (κ1) is 22.3. The van der Waals surface area contributed by atoms with Crippen molar-refractivity contribution in [2.24, 2.45) is 0 Å². The summed E-state index contributed by atoms with van der Waals surface area (Å²) in [5.74, 6) is 0.662. The van der Waals surface area contributed by atoms with Crippen LogP contribution in [0.3, 0.4) is 0 Å². The fourth-order valence-corrected chi connectivity index (χ4v) is 6.14. The molecule has 1 aliphatic carbocycles. The highest BCUT2D eigenvalue weighted by atomic mass is 32.2. The van der Waals surface area contributed by atoms with E-state index in [1.165, 1.54) is 28.0 Å². The first-order valence-electron chi connectivity index (χ1n) is 11.0. The number of fused-ring (bicyclic) bond motifs is 1. The zero-order valence-electron chi connectivity index (χ0n) is 18.6. The van der Waals surface area contributed by atoms with Crippen molar-refractivity contribution in [1.82, 2.24) is 19.7 Å². The molecule has 0 spiro atoms. The van der Waals surface area contributed by atoms with Crippen molar-refractivity contribution < 1.29 is 4.79 Å². The highest BCUT2D eigenvalue weighted by Gasteiger charge is 2.23. The maximum Gasteiger partial charge on any atom is 0.235 e. The number of aromatic nitrogens is 4. The normalized spacial score (nSPS) is 12.7. The molecule has 1 N–H and O–H groups in total. The number of carbonyl (C=O) groups is 1. The largest absolute Gasteiger partial charge is 0.316 e. The number of thiophene rings is 1. The summed E-state index contributed by atoms with van der Waals surface area (Å²) in [5, 5.41) is 22.7. The van der Waals surface area contributed by atoms with Crippen LogP contribution >= 0.6 is 23.1 Å². The van der Waals surface area contributed by atoms with E-state index in [-0.39, 0.29) is 11.7 Å². The second-order valence-electron chi connectivity index (χ2n) is 8.03. The van der Waals surface area contributed by atoms with E-state index in [9.17, 15) is 10.1 Å². The van der Waals surface area contributed by atoms with Gasteiger partial charge < -0.3 is 5.32 Å². The molecular formula is C25H22N6OS2. The zero-order chi connectivity index (χ0) is 23.5. The minimum absolute atomic E-state index is 0.157. The molecule has 170 valence electrons. The van der Waals surface area contributed by atoms with Gasteiger partial charge in [0.05, 0.1) is 17.0 Å². The molecule has 0 fully saturated rings. The number of nitrogens with one attached hydrogen (secondary N) is 1. The Morgan fingerprint density at radius 2 is 2.06 bits per heavy atom. The number of nitrogens with zero attached hydrogens (tertiary/aromatic N) is 5. The van der Waals surface area contributed by atoms with Gasteiger partial charge >= 0.3 is 0 Å². The third-order valence-electron chi connectivity index (χ3n) is 5.78. The highest BCUT2D eigenvalue weighted by molar-refractivity contribution is 7.99. The second kappa shape index (κ2) is 9.79. The Kier molecular flexibility index (Phi) is 6.43. The smallest absolute Gasteiger partial charge is 0.235 e. The summed E-state index contributed by atoms with van der Waals surface area (Å²) < 4.78 is 1.97. The number of para-hydroxylation sites is 1. The number of thioether (sulfide) groups is 1. The minimum Gasteiger partial charge on any atom is -0.316 e. The van der Waals surface area contributed by atoms with Crippen LogP contribution in [-0.2, 0) is 17.6 Å². The molecule has 3 heterocycles. The van der Waals surface area contributed by atoms with E-state index in [1.54, 1.807) is 12.4 Å². The number of hydrogen-bond acceptors (Lipinski definition) is 7. The van der Waals surface area contributed by atoms with Crippen molar-refractivity contribution in [1.29, 1.82) is 5.26 Å². The molecule has 34 heavy (non-hydrogen) atoms. The van der Waals surface area contributed by atoms with Crippen LogP contribution in [0.1, 0.15) is 34.4 Å². The quantitative estimate of drug-likeness (QED) is 0.377. The van der Waals surface area contributed by atoms with Crippen molar-refractivity contribution in [3.8, 4) is 23.1 Å². The van der Waals surface area contributed by atoms with Crippen LogP contribution < -0.4 is 5.32 Å². The molecule has 1 amide bonds. The third-order valence-corrected chi connectivity index (χ3v) is 7.91. The van der Waals surface area contributed by atoms with Crippen molar-refractivity contribution in [2.45, 2.75) is 37.8 Å². The van der Waals surface area contributed by atoms with Crippen molar-refractivity contribution in [3.63, 3.8) is 0 Å². The van der Waals surface area contributed by atoms with E-state index in [0.29, 0.717) is 21.5 Å². The number of carbonyl (C=O) groups excluding carboxylic acids is 1. The summed E-state index contributed by atoms with van der Waals surface area (Å²) in [4.78, 5) is 18.3. The average molecular weight is 487 g/mol. The van der Waals surface area contributed by atoms with Crippen LogP contribution in [0.2, 0.25) is 0 Å². The van der Waals surface area contributed by atoms with E-state index < -0.39 is 0 Å². The lowest BCUT2D eigenvalue weighted by Gasteiger charge is -2.12. The first-order valence-corrected chi connectivity index (χ1v) is 12.8. The van der Waals surface area contributed by atoms with Crippen LogP contribution in [0.15, 0.2) is 53.9 Å². The molecular weight excluding hydrogens is 464 g/mol. The van der Waals surface area contributed by atoms with Crippen molar-refractivity contribution in [2.75, 3.05) is 11.1 Å². The molecule has 0 saturated carbocycles. The minimum atomic E-state index is -0.164. The van der Waals surface area contributed by atoms with Crippen molar-refractivity contribution >= 4 is 34.0 Å². The molecule has 5 rings (SSSR count). The molecule has 0 saturated heterocycles. The summed E-state index contributed by atoms with van der Waals surface area (Å²) in [6.07, 6.45) is 7.59. The van der Waals surface area contributed by atoms with Gasteiger partial charge in [0.15, 0.2) is 11.0 Å². The molecule has 0 bridgehead atoms. The molecule has 9 heteroatoms. The maximum absolute atomic E-state index is 12.9. The van der Waals surface area contributed by atoms with Crippen molar-refractivity contribution in [3.05, 3.63) is 70.4 Å². The number of benzene rings is 1. The Balaban J connectivity index is 1.40. The summed E-state index contributed by atoms with van der Waals surface area (Å²) in [6, 6.07) is 14.1. The average Bonchev–Trinajstić information content (AvgIpc) is 3.44. The third kappa shape index (κ3) is 4.34. The lowest BCUT2D eigenvalue weighted by Crippen LogP contribution is -2.14. The maximum atomic E-state index is 12.9. The van der Waals surface area contributed by atoms with Gasteiger partial charge in [-0.2, -0.15) is 5.26 Å². The van der Waals surface area contributed by atoms with Gasteiger partial charge in [0, 0.05) is 22.8 Å². The summed E-state index contributed by atoms with van der Waals surface area (Å²) in [5.41, 5.74) is 4.60. The number of anilines is 1. The van der Waals surface area contributed by atoms with E-state index in [0.717, 1.165) is 48.1 Å². The second-order valence-corrected chi connectivity index (χ2v) is 10.1. The van der Waals surface area contributed by atoms with Gasteiger partial charge in [-0.05, 0) is 61.9 Å². The van der Waals surface area contributed by atoms with Crippen LogP contribution in [0, 0.1) is 18.3 Å². The molecule has 1 aromatic carbocycles. The van der Waals surface area contributed by atoms with Gasteiger partial charge in [-0.15, -0.1) is 21.5 Å². The van der Waals surface area contributed by atoms with Gasteiger partial charge in [0.1, 0.15) is 11.1 Å². The van der Waals surface area contributed by atoms with Gasteiger partial charge in [0.25, 0.3) is 0 Å². The van der Waals surface area contributed by atoms with E-state index >= 15 is 0 Å². The van der Waals surface area contributed by atoms with E-state index in [1.807, 2.05) is 47.9 Å². The predicted octanol–water partition coefficient (Wildman–Crippen LogP) is 5.18. The fraction of sp³-hybridized carbons (Fsp3) is 0.240. The van der Waals surface area contributed by atoms with Gasteiger partial charge in [0.2, 0.25) is 5.91 Å². The lowest BCUT2D eigenvalue weighted by atomic mass is 9.96. The number of amides is 1. The Labute approximate surface area is 205 Å². The van der Waals surface area contributed by atoms with Gasteiger partial charge in [-0.1, -0.05) is 30.0 Å². The number of pyridine rings is 1. The molecule has 7 nitrogen and oxygen atoms in total. The van der Waals surface area contributed by atoms with Gasteiger partial charge in [-0.25, -0.2) is 0 Å². The molecule has 0 aliphatic heterocycles. The van der Waals surface area contributed by atoms with Crippen LogP contribution in [0.4, 0.5) is 5.00 Å². The SMILES string of the molecule is Cc1ccccc1-n1c(SCC(=O)Nc2sc3c(c2C#N)CCCC3)nnc1-c1cccnc1.